The van der Waals surface area contributed by atoms with Gasteiger partial charge in [0.25, 0.3) is 0 Å². The van der Waals surface area contributed by atoms with Gasteiger partial charge in [-0.2, -0.15) is 8.42 Å². The highest BCUT2D eigenvalue weighted by molar-refractivity contribution is 7.80. The first-order valence-electron chi connectivity index (χ1n) is 21.1. The lowest BCUT2D eigenvalue weighted by molar-refractivity contribution is -0.144. The fourth-order valence-electron chi connectivity index (χ4n) is 5.67. The number of carbonyl (C=O) groups excluding carboxylic acids is 2. The summed E-state index contributed by atoms with van der Waals surface area (Å²) < 4.78 is 35.1. The Bertz CT molecular complexity index is 883. The Hall–Kier alpha value is -1.75. The molecule has 0 rings (SSSR count). The van der Waals surface area contributed by atoms with E-state index in [1.807, 2.05) is 7.05 Å². The van der Waals surface area contributed by atoms with Crippen LogP contribution in [0.5, 0.6) is 0 Å². The van der Waals surface area contributed by atoms with E-state index in [0.717, 1.165) is 39.3 Å². The van der Waals surface area contributed by atoms with Crippen LogP contribution in [-0.2, 0) is 28.9 Å². The predicted octanol–water partition coefficient (Wildman–Crippen LogP) is 11.1. The zero-order valence-corrected chi connectivity index (χ0v) is 35.0. The van der Waals surface area contributed by atoms with Gasteiger partial charge >= 0.3 is 16.4 Å². The number of likely N-dealkylation sites (N-methyl/N-ethyl adjacent to an activating group) is 1. The molecule has 0 saturated carbocycles. The van der Waals surface area contributed by atoms with Crippen molar-refractivity contribution < 1.29 is 31.5 Å². The second kappa shape index (κ2) is 42.0. The summed E-state index contributed by atoms with van der Waals surface area (Å²) in [6.07, 6.45) is 43.5. The van der Waals surface area contributed by atoms with Crippen LogP contribution >= 0.6 is 0 Å². The van der Waals surface area contributed by atoms with E-state index < -0.39 is 10.4 Å². The Morgan fingerprint density at radius 3 is 1.37 bits per heavy atom. The molecule has 0 aliphatic heterocycles. The minimum Gasteiger partial charge on any atom is -0.464 e. The topological polar surface area (TPSA) is 122 Å². The molecule has 308 valence electrons. The van der Waals surface area contributed by atoms with Crippen LogP contribution in [0.25, 0.3) is 0 Å². The maximum Gasteiger partial charge on any atom is 0.397 e. The molecule has 0 fully saturated rings. The Labute approximate surface area is 321 Å². The van der Waals surface area contributed by atoms with E-state index >= 15 is 0 Å². The Morgan fingerprint density at radius 2 is 0.962 bits per heavy atom. The predicted molar refractivity (Wildman–Crippen MR) is 219 cm³/mol. The van der Waals surface area contributed by atoms with Crippen LogP contribution < -0.4 is 5.32 Å². The summed E-state index contributed by atoms with van der Waals surface area (Å²) in [6, 6.07) is 0. The molecule has 0 bridgehead atoms. The third-order valence-corrected chi connectivity index (χ3v) is 9.49. The molecular formula is C42H82N2O7S. The van der Waals surface area contributed by atoms with Crippen molar-refractivity contribution in [2.24, 2.45) is 0 Å². The fourth-order valence-corrected chi connectivity index (χ4v) is 5.67. The second-order valence-electron chi connectivity index (χ2n) is 14.1. The average Bonchev–Trinajstić information content (AvgIpc) is 3.11. The van der Waals surface area contributed by atoms with E-state index in [4.69, 9.17) is 9.29 Å². The molecule has 10 heteroatoms. The van der Waals surface area contributed by atoms with Crippen LogP contribution in [0.1, 0.15) is 194 Å². The molecular weight excluding hydrogens is 677 g/mol. The monoisotopic (exact) mass is 759 g/mol. The number of rotatable bonds is 37. The number of unbranched alkanes of at least 4 members (excludes halogenated alkanes) is 22. The molecule has 0 aromatic carbocycles. The van der Waals surface area contributed by atoms with Crippen LogP contribution in [-0.4, -0.2) is 70.1 Å². The van der Waals surface area contributed by atoms with Crippen molar-refractivity contribution in [1.82, 2.24) is 10.2 Å². The van der Waals surface area contributed by atoms with Crippen molar-refractivity contribution in [2.45, 2.75) is 194 Å². The molecule has 0 aromatic heterocycles. The summed E-state index contributed by atoms with van der Waals surface area (Å²) in [5.41, 5.74) is 0. The number of nitrogens with zero attached hydrogens (tertiary/aromatic N) is 1. The van der Waals surface area contributed by atoms with Crippen molar-refractivity contribution in [3.05, 3.63) is 24.3 Å². The van der Waals surface area contributed by atoms with Crippen molar-refractivity contribution in [3.8, 4) is 0 Å². The number of ether oxygens (including phenoxy) is 1. The maximum atomic E-state index is 12.1. The largest absolute Gasteiger partial charge is 0.464 e. The third kappa shape index (κ3) is 48.2. The lowest BCUT2D eigenvalue weighted by Gasteiger charge is -2.16. The first-order valence-corrected chi connectivity index (χ1v) is 22.5. The van der Waals surface area contributed by atoms with Gasteiger partial charge in [0.05, 0.1) is 7.11 Å². The van der Waals surface area contributed by atoms with E-state index in [9.17, 15) is 18.0 Å². The van der Waals surface area contributed by atoms with Gasteiger partial charge < -0.3 is 15.0 Å². The lowest BCUT2D eigenvalue weighted by atomic mass is 10.1. The van der Waals surface area contributed by atoms with E-state index in [2.05, 4.69) is 52.6 Å². The zero-order valence-electron chi connectivity index (χ0n) is 34.2. The number of amides is 1. The molecule has 9 nitrogen and oxygen atoms in total. The van der Waals surface area contributed by atoms with Crippen LogP contribution in [0.3, 0.4) is 0 Å². The normalized spacial score (nSPS) is 11.7. The summed E-state index contributed by atoms with van der Waals surface area (Å²) in [5, 5.41) is 3.03. The Morgan fingerprint density at radius 1 is 0.596 bits per heavy atom. The summed E-state index contributed by atoms with van der Waals surface area (Å²) in [7, 11) is -1.28. The first kappa shape index (κ1) is 52.4. The van der Waals surface area contributed by atoms with Crippen LogP contribution in [0, 0.1) is 0 Å². The van der Waals surface area contributed by atoms with Gasteiger partial charge in [0.15, 0.2) is 0 Å². The van der Waals surface area contributed by atoms with Crippen LogP contribution in [0.4, 0.5) is 0 Å². The van der Waals surface area contributed by atoms with Crippen molar-refractivity contribution in [3.63, 3.8) is 0 Å². The molecule has 0 aliphatic carbocycles. The highest BCUT2D eigenvalue weighted by atomic mass is 32.3. The lowest BCUT2D eigenvalue weighted by Crippen LogP contribution is -2.34. The molecule has 0 radical (unpaired) electrons. The van der Waals surface area contributed by atoms with Gasteiger partial charge in [0.1, 0.15) is 6.61 Å². The minimum absolute atomic E-state index is 0.0840. The maximum absolute atomic E-state index is 12.1. The van der Waals surface area contributed by atoms with E-state index in [1.165, 1.54) is 141 Å². The smallest absolute Gasteiger partial charge is 0.397 e. The highest BCUT2D eigenvalue weighted by Crippen LogP contribution is 2.12. The third-order valence-electron chi connectivity index (χ3n) is 9.07. The van der Waals surface area contributed by atoms with Crippen LogP contribution in [0.15, 0.2) is 24.3 Å². The van der Waals surface area contributed by atoms with Crippen molar-refractivity contribution in [2.75, 3.05) is 40.4 Å². The van der Waals surface area contributed by atoms with Crippen molar-refractivity contribution >= 4 is 22.3 Å². The highest BCUT2D eigenvalue weighted by Gasteiger charge is 2.06. The van der Waals surface area contributed by atoms with Gasteiger partial charge in [0, 0.05) is 32.5 Å². The number of nitrogens with one attached hydrogen (secondary N) is 1. The molecule has 2 N–H and O–H groups in total. The molecule has 0 heterocycles. The van der Waals surface area contributed by atoms with Gasteiger partial charge in [-0.15, -0.1) is 0 Å². The van der Waals surface area contributed by atoms with E-state index in [-0.39, 0.29) is 11.9 Å². The molecule has 52 heavy (non-hydrogen) atoms. The molecule has 0 unspecified atom stereocenters. The Balaban J connectivity index is 0. The number of allylic oxidation sites excluding steroid dienone is 4. The number of esters is 1. The van der Waals surface area contributed by atoms with Crippen molar-refractivity contribution in [1.29, 1.82) is 0 Å². The summed E-state index contributed by atoms with van der Waals surface area (Å²) >= 11 is 0. The summed E-state index contributed by atoms with van der Waals surface area (Å²) in [6.45, 7) is 7.07. The van der Waals surface area contributed by atoms with E-state index in [1.54, 1.807) is 0 Å². The molecule has 0 aliphatic rings. The minimum atomic E-state index is -4.16. The number of hydrogen-bond acceptors (Lipinski definition) is 7. The van der Waals surface area contributed by atoms with Gasteiger partial charge in [-0.1, -0.05) is 141 Å². The quantitative estimate of drug-likeness (QED) is 0.0278. The zero-order chi connectivity index (χ0) is 38.8. The SMILES string of the molecule is CCCCCCCC/C=C\CCCCCCCC(=O)NCCN(C)CCOC(=O)CCCCCCC/C=C\CCCCCCCC.COS(=O)(=O)O. The number of carbonyl (C=O) groups is 2. The molecule has 0 aromatic rings. The first-order chi connectivity index (χ1) is 25.2. The van der Waals surface area contributed by atoms with Gasteiger partial charge in [-0.05, 0) is 71.3 Å². The summed E-state index contributed by atoms with van der Waals surface area (Å²) in [5.74, 6) is 0.0664. The fraction of sp³-hybridized carbons (Fsp3) is 0.857. The van der Waals surface area contributed by atoms with Gasteiger partial charge in [-0.3, -0.25) is 18.3 Å². The average molecular weight is 759 g/mol. The summed E-state index contributed by atoms with van der Waals surface area (Å²) in [4.78, 5) is 26.3. The van der Waals surface area contributed by atoms with E-state index in [0.29, 0.717) is 32.5 Å². The number of hydrogen-bond donors (Lipinski definition) is 2. The molecule has 0 saturated heterocycles. The van der Waals surface area contributed by atoms with Gasteiger partial charge in [0.2, 0.25) is 5.91 Å². The molecule has 1 amide bonds. The second-order valence-corrected chi connectivity index (χ2v) is 15.3. The van der Waals surface area contributed by atoms with Gasteiger partial charge in [-0.25, -0.2) is 0 Å². The molecule has 0 spiro atoms. The Kier molecular flexibility index (Phi) is 42.3. The standard InChI is InChI=1S/C41H78N2O3.CH4O4S/c1-4-6-8-10-12-14-16-18-20-22-24-26-28-30-32-34-40(44)42-36-37-43(3)38-39-46-41(45)35-33-31-29-27-25-23-21-19-17-15-13-11-9-7-5-2;1-5-6(2,3)4/h18-21H,4-17,22-39H2,1-3H3,(H,42,44);1H3,(H,2,3,4)/b20-18-,21-19-;. The molecule has 0 atom stereocenters. The van der Waals surface area contributed by atoms with Crippen LogP contribution in [0.2, 0.25) is 0 Å².